The number of hydrogen-bond donors (Lipinski definition) is 2. The van der Waals surface area contributed by atoms with E-state index in [0.717, 1.165) is 10.0 Å². The second-order valence-corrected chi connectivity index (χ2v) is 7.54. The Kier molecular flexibility index (Phi) is 6.83. The van der Waals surface area contributed by atoms with Crippen molar-refractivity contribution in [3.05, 3.63) is 70.1 Å². The molecule has 2 aromatic rings. The number of nitrogens with two attached hydrogens (primary N) is 1. The number of nitrogens with zero attached hydrogens (tertiary/aromatic N) is 2. The summed E-state index contributed by atoms with van der Waals surface area (Å²) in [6.07, 6.45) is 3.02. The van der Waals surface area contributed by atoms with E-state index in [9.17, 15) is 14.0 Å². The molecule has 0 fully saturated rings. The van der Waals surface area contributed by atoms with Crippen LogP contribution in [0.2, 0.25) is 0 Å². The Labute approximate surface area is 181 Å². The molecule has 3 amide bonds. The summed E-state index contributed by atoms with van der Waals surface area (Å²) in [6.45, 7) is -0.0196. The molecular formula is C21H20BrFN4O3. The predicted molar refractivity (Wildman–Crippen MR) is 116 cm³/mol. The first-order chi connectivity index (χ1) is 14.4. The van der Waals surface area contributed by atoms with E-state index in [2.05, 4.69) is 26.2 Å². The fourth-order valence-electron chi connectivity index (χ4n) is 2.89. The van der Waals surface area contributed by atoms with Crippen LogP contribution in [0, 0.1) is 5.82 Å². The van der Waals surface area contributed by atoms with Crippen LogP contribution in [0.15, 0.2) is 63.7 Å². The number of hydrogen-bond acceptors (Lipinski definition) is 4. The van der Waals surface area contributed by atoms with Crippen LogP contribution in [0.4, 0.5) is 14.9 Å². The Balaban J connectivity index is 1.63. The maximum atomic E-state index is 13.0. The first-order valence-corrected chi connectivity index (χ1v) is 9.86. The zero-order chi connectivity index (χ0) is 21.7. The van der Waals surface area contributed by atoms with Crippen molar-refractivity contribution in [2.24, 2.45) is 10.7 Å². The fourth-order valence-corrected chi connectivity index (χ4v) is 3.24. The molecule has 1 heterocycles. The minimum absolute atomic E-state index is 0.0196. The molecule has 3 N–H and O–H groups in total. The number of halogens is 2. The van der Waals surface area contributed by atoms with Gasteiger partial charge in [-0.2, -0.15) is 0 Å². The number of nitrogens with one attached hydrogen (secondary N) is 1. The summed E-state index contributed by atoms with van der Waals surface area (Å²) in [5.41, 5.74) is 7.58. The first-order valence-electron chi connectivity index (χ1n) is 9.07. The molecule has 0 bridgehead atoms. The Bertz CT molecular complexity index is 1010. The number of rotatable bonds is 4. The number of fused-ring (bicyclic) bond motifs is 1. The third-order valence-corrected chi connectivity index (χ3v) is 4.99. The van der Waals surface area contributed by atoms with E-state index in [-0.39, 0.29) is 18.3 Å². The number of ether oxygens (including phenoxy) is 1. The quantitative estimate of drug-likeness (QED) is 0.664. The predicted octanol–water partition coefficient (Wildman–Crippen LogP) is 3.18. The molecule has 0 aliphatic carbocycles. The number of carbonyl (C=O) groups is 2. The average Bonchev–Trinajstić information content (AvgIpc) is 2.85. The molecule has 1 aliphatic heterocycles. The number of amides is 3. The van der Waals surface area contributed by atoms with Crippen molar-refractivity contribution < 1.29 is 18.7 Å². The number of carbonyl (C=O) groups excluding carboxylic acids is 2. The van der Waals surface area contributed by atoms with Gasteiger partial charge in [0.05, 0.1) is 5.69 Å². The van der Waals surface area contributed by atoms with Crippen molar-refractivity contribution in [3.8, 4) is 5.75 Å². The molecule has 0 saturated heterocycles. The van der Waals surface area contributed by atoms with E-state index in [1.54, 1.807) is 31.3 Å². The Morgan fingerprint density at radius 2 is 2.10 bits per heavy atom. The number of benzene rings is 2. The van der Waals surface area contributed by atoms with Gasteiger partial charge in [-0.05, 0) is 47.7 Å². The van der Waals surface area contributed by atoms with Gasteiger partial charge in [-0.15, -0.1) is 0 Å². The highest BCUT2D eigenvalue weighted by Gasteiger charge is 2.30. The van der Waals surface area contributed by atoms with Crippen molar-refractivity contribution in [2.75, 3.05) is 18.6 Å². The number of likely N-dealkylation sites (N-methyl/N-ethyl adjacent to an activating group) is 1. The van der Waals surface area contributed by atoms with Crippen molar-refractivity contribution >= 4 is 39.8 Å². The summed E-state index contributed by atoms with van der Waals surface area (Å²) in [6, 6.07) is 9.67. The highest BCUT2D eigenvalue weighted by Crippen LogP contribution is 2.33. The van der Waals surface area contributed by atoms with Crippen molar-refractivity contribution in [3.63, 3.8) is 0 Å². The van der Waals surface area contributed by atoms with Crippen LogP contribution in [-0.4, -0.2) is 37.8 Å². The number of allylic oxidation sites excluding steroid dienone is 1. The Morgan fingerprint density at radius 1 is 1.37 bits per heavy atom. The molecule has 9 heteroatoms. The van der Waals surface area contributed by atoms with Crippen molar-refractivity contribution in [1.29, 1.82) is 0 Å². The molecule has 0 aromatic heterocycles. The van der Waals surface area contributed by atoms with E-state index in [4.69, 9.17) is 10.5 Å². The molecule has 0 saturated carbocycles. The molecule has 7 nitrogen and oxygen atoms in total. The van der Waals surface area contributed by atoms with Gasteiger partial charge >= 0.3 is 6.03 Å². The number of aliphatic imine (C=N–C) groups is 1. The second kappa shape index (κ2) is 9.53. The largest absolute Gasteiger partial charge is 0.489 e. The zero-order valence-corrected chi connectivity index (χ0v) is 17.7. The normalized spacial score (nSPS) is 16.8. The third kappa shape index (κ3) is 5.24. The highest BCUT2D eigenvalue weighted by molar-refractivity contribution is 9.10. The monoisotopic (exact) mass is 474 g/mol. The van der Waals surface area contributed by atoms with E-state index < -0.39 is 12.1 Å². The van der Waals surface area contributed by atoms with Crippen LogP contribution in [0.25, 0.3) is 0 Å². The van der Waals surface area contributed by atoms with Gasteiger partial charge in [0.15, 0.2) is 0 Å². The lowest BCUT2D eigenvalue weighted by Gasteiger charge is -2.19. The molecule has 1 unspecified atom stereocenters. The van der Waals surface area contributed by atoms with Gasteiger partial charge in [0, 0.05) is 24.2 Å². The van der Waals surface area contributed by atoms with Crippen LogP contribution >= 0.6 is 15.9 Å². The minimum atomic E-state index is -0.895. The number of anilines is 1. The minimum Gasteiger partial charge on any atom is -0.489 e. The molecule has 0 radical (unpaired) electrons. The lowest BCUT2D eigenvalue weighted by atomic mass is 10.1. The van der Waals surface area contributed by atoms with Gasteiger partial charge in [-0.1, -0.05) is 28.1 Å². The standard InChI is InChI=1S/C21H20BrFN4O3/c1-27-18-9-15(22)4-7-19(18)30-12-17(20(27)28)26-21(29)25-11-14(10-24)8-13-2-5-16(23)6-3-13/h2-7,9-11,17H,8,12,24H2,1H3,(H,26,29)/b14-10-,25-11+. The lowest BCUT2D eigenvalue weighted by molar-refractivity contribution is -0.120. The summed E-state index contributed by atoms with van der Waals surface area (Å²) in [7, 11) is 1.61. The van der Waals surface area contributed by atoms with Gasteiger partial charge in [0.25, 0.3) is 5.91 Å². The smallest absolute Gasteiger partial charge is 0.341 e. The number of urea groups is 1. The summed E-state index contributed by atoms with van der Waals surface area (Å²) in [5, 5.41) is 2.56. The molecular weight excluding hydrogens is 455 g/mol. The summed E-state index contributed by atoms with van der Waals surface area (Å²) in [5.74, 6) is -0.113. The van der Waals surface area contributed by atoms with Gasteiger partial charge in [-0.25, -0.2) is 14.2 Å². The van der Waals surface area contributed by atoms with Crippen molar-refractivity contribution in [1.82, 2.24) is 5.32 Å². The molecule has 2 aromatic carbocycles. The van der Waals surface area contributed by atoms with E-state index in [0.29, 0.717) is 23.4 Å². The average molecular weight is 475 g/mol. The van der Waals surface area contributed by atoms with Gasteiger partial charge < -0.3 is 20.7 Å². The molecule has 0 spiro atoms. The molecule has 3 rings (SSSR count). The highest BCUT2D eigenvalue weighted by atomic mass is 79.9. The third-order valence-electron chi connectivity index (χ3n) is 4.50. The molecule has 1 atom stereocenters. The van der Waals surface area contributed by atoms with Gasteiger partial charge in [-0.3, -0.25) is 4.79 Å². The van der Waals surface area contributed by atoms with Gasteiger partial charge in [0.1, 0.15) is 24.2 Å². The van der Waals surface area contributed by atoms with E-state index >= 15 is 0 Å². The summed E-state index contributed by atoms with van der Waals surface area (Å²) < 4.78 is 19.5. The SMILES string of the molecule is CN1C(=O)C(NC(=O)/N=C/C(=C\N)Cc2ccc(F)cc2)COc2ccc(Br)cc21. The molecule has 30 heavy (non-hydrogen) atoms. The Hall–Kier alpha value is -3.20. The van der Waals surface area contributed by atoms with Crippen molar-refractivity contribution in [2.45, 2.75) is 12.5 Å². The van der Waals surface area contributed by atoms with Crippen LogP contribution in [0.3, 0.4) is 0 Å². The second-order valence-electron chi connectivity index (χ2n) is 6.63. The molecule has 156 valence electrons. The van der Waals surface area contributed by atoms with Crippen LogP contribution in [0.5, 0.6) is 5.75 Å². The van der Waals surface area contributed by atoms with Crippen LogP contribution < -0.4 is 20.7 Å². The maximum Gasteiger partial charge on any atom is 0.341 e. The fraction of sp³-hybridized carbons (Fsp3) is 0.190. The Morgan fingerprint density at radius 3 is 2.80 bits per heavy atom. The topological polar surface area (TPSA) is 97.0 Å². The van der Waals surface area contributed by atoms with E-state index in [1.807, 2.05) is 6.07 Å². The van der Waals surface area contributed by atoms with Crippen LogP contribution in [0.1, 0.15) is 5.56 Å². The molecule has 1 aliphatic rings. The van der Waals surface area contributed by atoms with Gasteiger partial charge in [0.2, 0.25) is 0 Å². The maximum absolute atomic E-state index is 13.0. The first kappa shape index (κ1) is 21.5. The van der Waals surface area contributed by atoms with E-state index in [1.165, 1.54) is 29.4 Å². The lowest BCUT2D eigenvalue weighted by Crippen LogP contribution is -2.48. The summed E-state index contributed by atoms with van der Waals surface area (Å²) >= 11 is 3.37. The summed E-state index contributed by atoms with van der Waals surface area (Å²) in [4.78, 5) is 30.2. The zero-order valence-electron chi connectivity index (χ0n) is 16.1. The van der Waals surface area contributed by atoms with Crippen LogP contribution in [-0.2, 0) is 11.2 Å².